The van der Waals surface area contributed by atoms with Gasteiger partial charge in [0.25, 0.3) is 0 Å². The number of anilines is 3. The van der Waals surface area contributed by atoms with Crippen LogP contribution in [-0.4, -0.2) is 4.57 Å². The molecule has 300 valence electrons. The molecule has 0 amide bonds. The van der Waals surface area contributed by atoms with Crippen LogP contribution in [0.5, 0.6) is 0 Å². The van der Waals surface area contributed by atoms with Gasteiger partial charge in [0.1, 0.15) is 5.58 Å². The van der Waals surface area contributed by atoms with E-state index in [9.17, 15) is 0 Å². The number of benzene rings is 9. The topological polar surface area (TPSA) is 21.3 Å². The van der Waals surface area contributed by atoms with Crippen molar-refractivity contribution in [2.45, 2.75) is 38.5 Å². The average Bonchev–Trinajstić information content (AvgIpc) is 4.00. The minimum Gasteiger partial charge on any atom is -0.454 e. The van der Waals surface area contributed by atoms with Crippen molar-refractivity contribution >= 4 is 60.8 Å². The molecule has 0 saturated heterocycles. The van der Waals surface area contributed by atoms with Gasteiger partial charge in [0, 0.05) is 49.3 Å². The van der Waals surface area contributed by atoms with Crippen LogP contribution in [0.15, 0.2) is 199 Å². The zero-order valence-corrected chi connectivity index (χ0v) is 35.8. The Morgan fingerprint density at radius 1 is 0.413 bits per heavy atom. The first-order valence-electron chi connectivity index (χ1n) is 22.1. The van der Waals surface area contributed by atoms with Gasteiger partial charge >= 0.3 is 0 Å². The molecule has 0 unspecified atom stereocenters. The van der Waals surface area contributed by atoms with E-state index in [0.29, 0.717) is 0 Å². The molecule has 3 nitrogen and oxygen atoms in total. The second-order valence-corrected chi connectivity index (χ2v) is 18.5. The second-order valence-electron chi connectivity index (χ2n) is 18.5. The Labute approximate surface area is 367 Å². The molecule has 0 atom stereocenters. The van der Waals surface area contributed by atoms with Crippen molar-refractivity contribution in [3.8, 4) is 39.1 Å². The monoisotopic (exact) mass is 808 g/mol. The molecular weight excluding hydrogens is 765 g/mol. The van der Waals surface area contributed by atoms with Crippen molar-refractivity contribution in [2.75, 3.05) is 4.90 Å². The lowest BCUT2D eigenvalue weighted by Gasteiger charge is -2.29. The van der Waals surface area contributed by atoms with Crippen LogP contribution in [0.4, 0.5) is 17.1 Å². The highest BCUT2D eigenvalue weighted by Crippen LogP contribution is 2.55. The summed E-state index contributed by atoms with van der Waals surface area (Å²) in [6.07, 6.45) is 0. The van der Waals surface area contributed by atoms with Gasteiger partial charge in [-0.15, -0.1) is 0 Å². The van der Waals surface area contributed by atoms with Crippen molar-refractivity contribution in [3.05, 3.63) is 216 Å². The van der Waals surface area contributed by atoms with E-state index in [1.807, 2.05) is 6.07 Å². The minimum absolute atomic E-state index is 0.0891. The Morgan fingerprint density at radius 2 is 1.03 bits per heavy atom. The Hall–Kier alpha value is -7.62. The molecule has 0 N–H and O–H groups in total. The molecule has 2 aliphatic carbocycles. The zero-order valence-electron chi connectivity index (χ0n) is 35.8. The average molecular weight is 809 g/mol. The predicted molar refractivity (Wildman–Crippen MR) is 263 cm³/mol. The SMILES string of the molecule is CC1(C)c2ccccc2-c2cc3c4cc(-c5ccc(N(c6cccc7c6-c6ccccc6C7(C)C)c6cccc7c6oc6ccccc67)cc5)ccc4n(-c4ccccc4)c3cc21. The van der Waals surface area contributed by atoms with E-state index < -0.39 is 0 Å². The number of hydrogen-bond acceptors (Lipinski definition) is 2. The molecular formula is C60H44N2O. The van der Waals surface area contributed by atoms with E-state index >= 15 is 0 Å². The van der Waals surface area contributed by atoms with Crippen LogP contribution >= 0.6 is 0 Å². The van der Waals surface area contributed by atoms with Crippen LogP contribution in [0, 0.1) is 0 Å². The summed E-state index contributed by atoms with van der Waals surface area (Å²) in [4.78, 5) is 2.42. The lowest BCUT2D eigenvalue weighted by molar-refractivity contribution is 0.660. The fourth-order valence-electron chi connectivity index (χ4n) is 11.3. The predicted octanol–water partition coefficient (Wildman–Crippen LogP) is 16.4. The van der Waals surface area contributed by atoms with E-state index in [1.54, 1.807) is 0 Å². The highest BCUT2D eigenvalue weighted by Gasteiger charge is 2.39. The van der Waals surface area contributed by atoms with Crippen molar-refractivity contribution in [1.29, 1.82) is 0 Å². The highest BCUT2D eigenvalue weighted by molar-refractivity contribution is 6.13. The molecule has 0 fully saturated rings. The number of hydrogen-bond donors (Lipinski definition) is 0. The van der Waals surface area contributed by atoms with Crippen molar-refractivity contribution in [1.82, 2.24) is 4.57 Å². The summed E-state index contributed by atoms with van der Waals surface area (Å²) in [5.74, 6) is 0. The molecule has 11 aromatic rings. The fraction of sp³-hybridized carbons (Fsp3) is 0.100. The van der Waals surface area contributed by atoms with Crippen LogP contribution in [0.2, 0.25) is 0 Å². The van der Waals surface area contributed by atoms with Crippen molar-refractivity contribution in [2.24, 2.45) is 0 Å². The molecule has 0 spiro atoms. The van der Waals surface area contributed by atoms with E-state index in [2.05, 4.69) is 225 Å². The summed E-state index contributed by atoms with van der Waals surface area (Å²) in [6.45, 7) is 9.43. The molecule has 0 saturated carbocycles. The Kier molecular flexibility index (Phi) is 7.42. The van der Waals surface area contributed by atoms with Gasteiger partial charge in [-0.05, 0) is 117 Å². The largest absolute Gasteiger partial charge is 0.454 e. The third-order valence-electron chi connectivity index (χ3n) is 14.4. The van der Waals surface area contributed by atoms with Crippen LogP contribution in [0.25, 0.3) is 82.8 Å². The first-order chi connectivity index (χ1) is 30.8. The zero-order chi connectivity index (χ0) is 42.2. The molecule has 13 rings (SSSR count). The maximum atomic E-state index is 6.76. The maximum Gasteiger partial charge on any atom is 0.159 e. The summed E-state index contributed by atoms with van der Waals surface area (Å²) in [6, 6.07) is 71.4. The lowest BCUT2D eigenvalue weighted by Crippen LogP contribution is -2.16. The molecule has 2 aliphatic rings. The summed E-state index contributed by atoms with van der Waals surface area (Å²) < 4.78 is 9.20. The molecule has 0 aliphatic heterocycles. The maximum absolute atomic E-state index is 6.76. The lowest BCUT2D eigenvalue weighted by atomic mass is 9.82. The van der Waals surface area contributed by atoms with Crippen molar-refractivity contribution < 1.29 is 4.42 Å². The Balaban J connectivity index is 0.998. The molecule has 0 radical (unpaired) electrons. The first-order valence-corrected chi connectivity index (χ1v) is 22.1. The quantitative estimate of drug-likeness (QED) is 0.173. The minimum atomic E-state index is -0.134. The standard InChI is InChI=1S/C60H44N2O/c1-59(2)49-23-12-9-20-44(49)57-50(59)24-15-25-53(57)62(54-26-14-21-43-42-19-10-13-27-56(42)63-58(43)54)40-31-28-37(29-32-40)38-30-33-52-46(34-38)47-35-45-41-18-8-11-22-48(41)60(3,4)51(45)36-55(47)61(52)39-16-6-5-7-17-39/h5-36H,1-4H3. The number of nitrogens with zero attached hydrogens (tertiary/aromatic N) is 2. The Morgan fingerprint density at radius 3 is 1.86 bits per heavy atom. The second kappa shape index (κ2) is 13.0. The summed E-state index contributed by atoms with van der Waals surface area (Å²) in [5, 5.41) is 4.75. The Bertz CT molecular complexity index is 3680. The summed E-state index contributed by atoms with van der Waals surface area (Å²) >= 11 is 0. The molecule has 2 aromatic heterocycles. The van der Waals surface area contributed by atoms with Crippen molar-refractivity contribution in [3.63, 3.8) is 0 Å². The third-order valence-corrected chi connectivity index (χ3v) is 14.4. The number of fused-ring (bicyclic) bond motifs is 12. The third kappa shape index (κ3) is 5.02. The van der Waals surface area contributed by atoms with Crippen LogP contribution in [0.1, 0.15) is 49.9 Å². The van der Waals surface area contributed by atoms with E-state index in [1.165, 1.54) is 83.1 Å². The highest BCUT2D eigenvalue weighted by atomic mass is 16.3. The van der Waals surface area contributed by atoms with Gasteiger partial charge in [-0.1, -0.05) is 155 Å². The van der Waals surface area contributed by atoms with Crippen LogP contribution in [0.3, 0.4) is 0 Å². The number of aromatic nitrogens is 1. The molecule has 9 aromatic carbocycles. The van der Waals surface area contributed by atoms with E-state index in [-0.39, 0.29) is 10.8 Å². The van der Waals surface area contributed by atoms with E-state index in [0.717, 1.165) is 39.0 Å². The van der Waals surface area contributed by atoms with Gasteiger partial charge in [-0.25, -0.2) is 0 Å². The molecule has 2 heterocycles. The number of para-hydroxylation sites is 3. The van der Waals surface area contributed by atoms with Gasteiger partial charge in [0.05, 0.1) is 22.4 Å². The first kappa shape index (κ1) is 36.1. The molecule has 63 heavy (non-hydrogen) atoms. The van der Waals surface area contributed by atoms with Gasteiger partial charge in [-0.3, -0.25) is 0 Å². The molecule has 3 heteroatoms. The normalized spacial score (nSPS) is 14.3. The van der Waals surface area contributed by atoms with Gasteiger partial charge in [0.2, 0.25) is 0 Å². The smallest absolute Gasteiger partial charge is 0.159 e. The van der Waals surface area contributed by atoms with Crippen LogP contribution < -0.4 is 4.90 Å². The molecule has 0 bridgehead atoms. The van der Waals surface area contributed by atoms with E-state index in [4.69, 9.17) is 4.42 Å². The fourth-order valence-corrected chi connectivity index (χ4v) is 11.3. The van der Waals surface area contributed by atoms with Crippen LogP contribution in [-0.2, 0) is 10.8 Å². The summed E-state index contributed by atoms with van der Waals surface area (Å²) in [7, 11) is 0. The van der Waals surface area contributed by atoms with Gasteiger partial charge in [0.15, 0.2) is 5.58 Å². The number of rotatable bonds is 5. The summed E-state index contributed by atoms with van der Waals surface area (Å²) in [5.41, 5.74) is 21.4. The van der Waals surface area contributed by atoms with Gasteiger partial charge < -0.3 is 13.9 Å². The van der Waals surface area contributed by atoms with Gasteiger partial charge in [-0.2, -0.15) is 0 Å². The number of furan rings is 1.